The largest absolute Gasteiger partial charge is 0.356 e. The first-order chi connectivity index (χ1) is 10.9. The number of amides is 2. The van der Waals surface area contributed by atoms with Crippen molar-refractivity contribution in [1.29, 1.82) is 0 Å². The van der Waals surface area contributed by atoms with Crippen LogP contribution in [0.4, 0.5) is 14.5 Å². The molecule has 1 fully saturated rings. The predicted molar refractivity (Wildman–Crippen MR) is 83.0 cm³/mol. The van der Waals surface area contributed by atoms with E-state index in [1.165, 1.54) is 11.0 Å². The number of rotatable bonds is 6. The molecule has 1 aromatic carbocycles. The number of nitrogens with one attached hydrogen (secondary N) is 1. The van der Waals surface area contributed by atoms with Gasteiger partial charge < -0.3 is 15.1 Å². The third-order valence-corrected chi connectivity index (χ3v) is 3.78. The SMILES string of the molecule is CN(C)CCCNC(=O)C1CC(=O)N(c2ccc(F)cc2F)C1. The van der Waals surface area contributed by atoms with Gasteiger partial charge in [0.05, 0.1) is 11.6 Å². The van der Waals surface area contributed by atoms with Gasteiger partial charge in [0.25, 0.3) is 0 Å². The van der Waals surface area contributed by atoms with E-state index >= 15 is 0 Å². The van der Waals surface area contributed by atoms with E-state index in [1.807, 2.05) is 19.0 Å². The van der Waals surface area contributed by atoms with Gasteiger partial charge in [-0.2, -0.15) is 0 Å². The maximum atomic E-state index is 13.8. The first kappa shape index (κ1) is 17.3. The standard InChI is InChI=1S/C16H21F2N3O2/c1-20(2)7-3-6-19-16(23)11-8-15(22)21(10-11)14-5-4-12(17)9-13(14)18/h4-5,9,11H,3,6-8,10H2,1-2H3,(H,19,23). The van der Waals surface area contributed by atoms with Gasteiger partial charge in [-0.15, -0.1) is 0 Å². The second-order valence-electron chi connectivity index (χ2n) is 5.95. The first-order valence-corrected chi connectivity index (χ1v) is 7.56. The van der Waals surface area contributed by atoms with E-state index in [4.69, 9.17) is 0 Å². The average Bonchev–Trinajstić information content (AvgIpc) is 2.85. The molecule has 1 N–H and O–H groups in total. The van der Waals surface area contributed by atoms with Crippen LogP contribution in [0.2, 0.25) is 0 Å². The minimum atomic E-state index is -0.801. The Hall–Kier alpha value is -2.02. The van der Waals surface area contributed by atoms with Gasteiger partial charge in [0.2, 0.25) is 11.8 Å². The highest BCUT2D eigenvalue weighted by Gasteiger charge is 2.36. The minimum absolute atomic E-state index is 0.0132. The van der Waals surface area contributed by atoms with Crippen molar-refractivity contribution in [3.05, 3.63) is 29.8 Å². The van der Waals surface area contributed by atoms with Gasteiger partial charge in [-0.25, -0.2) is 8.78 Å². The van der Waals surface area contributed by atoms with E-state index in [1.54, 1.807) is 0 Å². The summed E-state index contributed by atoms with van der Waals surface area (Å²) in [5.41, 5.74) is 0.0132. The van der Waals surface area contributed by atoms with Crippen molar-refractivity contribution in [1.82, 2.24) is 10.2 Å². The Labute approximate surface area is 134 Å². The summed E-state index contributed by atoms with van der Waals surface area (Å²) < 4.78 is 26.7. The Morgan fingerprint density at radius 3 is 2.78 bits per heavy atom. The number of hydrogen-bond acceptors (Lipinski definition) is 3. The summed E-state index contributed by atoms with van der Waals surface area (Å²) >= 11 is 0. The van der Waals surface area contributed by atoms with Gasteiger partial charge in [0.15, 0.2) is 0 Å². The molecule has 0 aromatic heterocycles. The lowest BCUT2D eigenvalue weighted by Crippen LogP contribution is -2.34. The maximum Gasteiger partial charge on any atom is 0.227 e. The molecule has 1 atom stereocenters. The molecule has 126 valence electrons. The fourth-order valence-corrected chi connectivity index (χ4v) is 2.57. The first-order valence-electron chi connectivity index (χ1n) is 7.56. The Morgan fingerprint density at radius 2 is 2.13 bits per heavy atom. The third kappa shape index (κ3) is 4.48. The fourth-order valence-electron chi connectivity index (χ4n) is 2.57. The van der Waals surface area contributed by atoms with Gasteiger partial charge in [0, 0.05) is 25.6 Å². The minimum Gasteiger partial charge on any atom is -0.356 e. The van der Waals surface area contributed by atoms with Crippen LogP contribution in [-0.4, -0.2) is 50.4 Å². The third-order valence-electron chi connectivity index (χ3n) is 3.78. The zero-order chi connectivity index (χ0) is 17.0. The van der Waals surface area contributed by atoms with E-state index in [-0.39, 0.29) is 30.5 Å². The van der Waals surface area contributed by atoms with Crippen LogP contribution in [0.1, 0.15) is 12.8 Å². The van der Waals surface area contributed by atoms with Crippen LogP contribution >= 0.6 is 0 Å². The molecule has 2 rings (SSSR count). The predicted octanol–water partition coefficient (Wildman–Crippen LogP) is 1.39. The fraction of sp³-hybridized carbons (Fsp3) is 0.500. The Bertz CT molecular complexity index is 593. The lowest BCUT2D eigenvalue weighted by Gasteiger charge is -2.17. The second kappa shape index (κ2) is 7.50. The number of carbonyl (C=O) groups is 2. The maximum absolute atomic E-state index is 13.8. The molecule has 1 aliphatic heterocycles. The Kier molecular flexibility index (Phi) is 5.65. The van der Waals surface area contributed by atoms with Crippen LogP contribution < -0.4 is 10.2 Å². The lowest BCUT2D eigenvalue weighted by molar-refractivity contribution is -0.126. The highest BCUT2D eigenvalue weighted by atomic mass is 19.1. The zero-order valence-electron chi connectivity index (χ0n) is 13.3. The molecular weight excluding hydrogens is 304 g/mol. The average molecular weight is 325 g/mol. The van der Waals surface area contributed by atoms with Crippen LogP contribution in [0, 0.1) is 17.6 Å². The molecule has 23 heavy (non-hydrogen) atoms. The highest BCUT2D eigenvalue weighted by Crippen LogP contribution is 2.27. The van der Waals surface area contributed by atoms with E-state index in [9.17, 15) is 18.4 Å². The molecule has 1 aromatic rings. The molecule has 7 heteroatoms. The molecule has 0 saturated carbocycles. The molecule has 0 bridgehead atoms. The van der Waals surface area contributed by atoms with Crippen molar-refractivity contribution < 1.29 is 18.4 Å². The van der Waals surface area contributed by atoms with Crippen molar-refractivity contribution in [2.75, 3.05) is 38.6 Å². The molecule has 1 aliphatic rings. The number of carbonyl (C=O) groups excluding carboxylic acids is 2. The van der Waals surface area contributed by atoms with E-state index < -0.39 is 17.6 Å². The van der Waals surface area contributed by atoms with Crippen LogP contribution in [0.25, 0.3) is 0 Å². The van der Waals surface area contributed by atoms with E-state index in [2.05, 4.69) is 5.32 Å². The van der Waals surface area contributed by atoms with Crippen molar-refractivity contribution in [3.63, 3.8) is 0 Å². The van der Waals surface area contributed by atoms with Crippen LogP contribution in [0.15, 0.2) is 18.2 Å². The smallest absolute Gasteiger partial charge is 0.227 e. The van der Waals surface area contributed by atoms with Crippen LogP contribution in [0.3, 0.4) is 0 Å². The van der Waals surface area contributed by atoms with Gasteiger partial charge >= 0.3 is 0 Å². The number of benzene rings is 1. The quantitative estimate of drug-likeness (QED) is 0.804. The summed E-state index contributed by atoms with van der Waals surface area (Å²) in [5.74, 6) is -2.55. The topological polar surface area (TPSA) is 52.7 Å². The highest BCUT2D eigenvalue weighted by molar-refractivity contribution is 6.00. The number of anilines is 1. The zero-order valence-corrected chi connectivity index (χ0v) is 13.3. The van der Waals surface area contributed by atoms with E-state index in [0.717, 1.165) is 25.1 Å². The van der Waals surface area contributed by atoms with Crippen molar-refractivity contribution >= 4 is 17.5 Å². The number of hydrogen-bond donors (Lipinski definition) is 1. The number of halogens is 2. The molecular formula is C16H21F2N3O2. The van der Waals surface area contributed by atoms with Gasteiger partial charge in [-0.05, 0) is 39.2 Å². The number of nitrogens with zero attached hydrogens (tertiary/aromatic N) is 2. The summed E-state index contributed by atoms with van der Waals surface area (Å²) in [5, 5.41) is 2.80. The normalized spacial score (nSPS) is 17.9. The molecule has 5 nitrogen and oxygen atoms in total. The Morgan fingerprint density at radius 1 is 1.39 bits per heavy atom. The van der Waals surface area contributed by atoms with Crippen LogP contribution in [0.5, 0.6) is 0 Å². The summed E-state index contributed by atoms with van der Waals surface area (Å²) in [4.78, 5) is 27.3. The monoisotopic (exact) mass is 325 g/mol. The summed E-state index contributed by atoms with van der Waals surface area (Å²) in [6.07, 6.45) is 0.853. The molecule has 0 radical (unpaired) electrons. The molecule has 0 aliphatic carbocycles. The molecule has 1 heterocycles. The van der Waals surface area contributed by atoms with Crippen molar-refractivity contribution in [3.8, 4) is 0 Å². The van der Waals surface area contributed by atoms with Crippen molar-refractivity contribution in [2.24, 2.45) is 5.92 Å². The molecule has 1 saturated heterocycles. The summed E-state index contributed by atoms with van der Waals surface area (Å²) in [7, 11) is 3.90. The lowest BCUT2D eigenvalue weighted by atomic mass is 10.1. The summed E-state index contributed by atoms with van der Waals surface area (Å²) in [6.45, 7) is 1.50. The molecule has 1 unspecified atom stereocenters. The van der Waals surface area contributed by atoms with Crippen LogP contribution in [-0.2, 0) is 9.59 Å². The molecule has 0 spiro atoms. The van der Waals surface area contributed by atoms with Gasteiger partial charge in [0.1, 0.15) is 11.6 Å². The Balaban J connectivity index is 1.93. The van der Waals surface area contributed by atoms with Crippen molar-refractivity contribution in [2.45, 2.75) is 12.8 Å². The second-order valence-corrected chi connectivity index (χ2v) is 5.95. The summed E-state index contributed by atoms with van der Waals surface area (Å²) in [6, 6.07) is 3.05. The van der Waals surface area contributed by atoms with Gasteiger partial charge in [-0.1, -0.05) is 0 Å². The van der Waals surface area contributed by atoms with E-state index in [0.29, 0.717) is 6.54 Å². The van der Waals surface area contributed by atoms with Gasteiger partial charge in [-0.3, -0.25) is 9.59 Å². The molecule has 2 amide bonds.